The van der Waals surface area contributed by atoms with E-state index in [1.54, 1.807) is 6.26 Å². The molecule has 1 atom stereocenters. The highest BCUT2D eigenvalue weighted by Crippen LogP contribution is 2.14. The van der Waals surface area contributed by atoms with E-state index in [0.717, 1.165) is 24.8 Å². The van der Waals surface area contributed by atoms with Gasteiger partial charge in [-0.3, -0.25) is 0 Å². The van der Waals surface area contributed by atoms with Crippen LogP contribution in [0.2, 0.25) is 0 Å². The summed E-state index contributed by atoms with van der Waals surface area (Å²) in [6.07, 6.45) is 4.28. The van der Waals surface area contributed by atoms with Crippen molar-refractivity contribution in [2.24, 2.45) is 0 Å². The SMILES string of the molecule is CC(CCc1ccco1)Nc1nc(N)ncc1F. The van der Waals surface area contributed by atoms with Gasteiger partial charge in [-0.05, 0) is 25.5 Å². The highest BCUT2D eigenvalue weighted by atomic mass is 19.1. The fraction of sp³-hybridized carbons (Fsp3) is 0.333. The molecule has 96 valence electrons. The first-order chi connectivity index (χ1) is 8.65. The molecule has 18 heavy (non-hydrogen) atoms. The molecule has 6 heteroatoms. The van der Waals surface area contributed by atoms with Crippen LogP contribution in [0.5, 0.6) is 0 Å². The minimum atomic E-state index is -0.506. The Labute approximate surface area is 104 Å². The minimum Gasteiger partial charge on any atom is -0.469 e. The second-order valence-corrected chi connectivity index (χ2v) is 4.09. The van der Waals surface area contributed by atoms with Crippen molar-refractivity contribution < 1.29 is 8.81 Å². The Balaban J connectivity index is 1.90. The van der Waals surface area contributed by atoms with Crippen LogP contribution in [-0.2, 0) is 6.42 Å². The molecule has 0 amide bonds. The standard InChI is InChI=1S/C12H15FN4O/c1-8(4-5-9-3-2-6-18-9)16-11-10(13)7-15-12(14)17-11/h2-3,6-8H,4-5H2,1H3,(H3,14,15,16,17). The molecule has 0 saturated heterocycles. The molecule has 0 aliphatic rings. The Morgan fingerprint density at radius 2 is 2.39 bits per heavy atom. The summed E-state index contributed by atoms with van der Waals surface area (Å²) in [5.74, 6) is 0.590. The minimum absolute atomic E-state index is 0.0529. The van der Waals surface area contributed by atoms with E-state index in [2.05, 4.69) is 15.3 Å². The van der Waals surface area contributed by atoms with Gasteiger partial charge in [-0.1, -0.05) is 0 Å². The van der Waals surface area contributed by atoms with Crippen molar-refractivity contribution in [3.05, 3.63) is 36.2 Å². The smallest absolute Gasteiger partial charge is 0.222 e. The summed E-state index contributed by atoms with van der Waals surface area (Å²) < 4.78 is 18.6. The van der Waals surface area contributed by atoms with E-state index < -0.39 is 5.82 Å². The lowest BCUT2D eigenvalue weighted by Crippen LogP contribution is -2.18. The molecule has 2 aromatic rings. The molecule has 3 N–H and O–H groups in total. The van der Waals surface area contributed by atoms with Gasteiger partial charge in [0.1, 0.15) is 5.76 Å². The number of anilines is 2. The average Bonchev–Trinajstić information content (AvgIpc) is 2.84. The zero-order chi connectivity index (χ0) is 13.0. The molecular weight excluding hydrogens is 235 g/mol. The molecular formula is C12H15FN4O. The summed E-state index contributed by atoms with van der Waals surface area (Å²) in [5, 5.41) is 2.97. The molecule has 2 rings (SSSR count). The topological polar surface area (TPSA) is 77.0 Å². The van der Waals surface area contributed by atoms with Gasteiger partial charge in [0.2, 0.25) is 5.95 Å². The molecule has 2 aromatic heterocycles. The van der Waals surface area contributed by atoms with Gasteiger partial charge < -0.3 is 15.5 Å². The van der Waals surface area contributed by atoms with Gasteiger partial charge in [-0.25, -0.2) is 9.37 Å². The number of aryl methyl sites for hydroxylation is 1. The third-order valence-electron chi connectivity index (χ3n) is 2.55. The predicted octanol–water partition coefficient (Wildman–Crippen LogP) is 2.22. The van der Waals surface area contributed by atoms with Crippen LogP contribution in [0.1, 0.15) is 19.1 Å². The molecule has 0 radical (unpaired) electrons. The lowest BCUT2D eigenvalue weighted by Gasteiger charge is -2.14. The van der Waals surface area contributed by atoms with Crippen LogP contribution >= 0.6 is 0 Å². The Hall–Kier alpha value is -2.11. The Morgan fingerprint density at radius 1 is 1.56 bits per heavy atom. The quantitative estimate of drug-likeness (QED) is 0.850. The molecule has 0 saturated carbocycles. The van der Waals surface area contributed by atoms with Crippen molar-refractivity contribution in [2.45, 2.75) is 25.8 Å². The van der Waals surface area contributed by atoms with Gasteiger partial charge in [-0.15, -0.1) is 0 Å². The molecule has 0 bridgehead atoms. The zero-order valence-corrected chi connectivity index (χ0v) is 10.1. The van der Waals surface area contributed by atoms with Gasteiger partial charge in [-0.2, -0.15) is 4.98 Å². The van der Waals surface area contributed by atoms with E-state index in [9.17, 15) is 4.39 Å². The van der Waals surface area contributed by atoms with E-state index >= 15 is 0 Å². The Kier molecular flexibility index (Phi) is 3.76. The van der Waals surface area contributed by atoms with Crippen LogP contribution < -0.4 is 11.1 Å². The van der Waals surface area contributed by atoms with Crippen LogP contribution in [0.4, 0.5) is 16.2 Å². The van der Waals surface area contributed by atoms with Crippen molar-refractivity contribution in [3.63, 3.8) is 0 Å². The normalized spacial score (nSPS) is 12.3. The number of nitrogens with two attached hydrogens (primary N) is 1. The van der Waals surface area contributed by atoms with Crippen LogP contribution in [0.15, 0.2) is 29.0 Å². The van der Waals surface area contributed by atoms with Crippen LogP contribution in [0.3, 0.4) is 0 Å². The average molecular weight is 250 g/mol. The third-order valence-corrected chi connectivity index (χ3v) is 2.55. The first kappa shape index (κ1) is 12.3. The number of hydrogen-bond acceptors (Lipinski definition) is 5. The first-order valence-electron chi connectivity index (χ1n) is 5.72. The van der Waals surface area contributed by atoms with E-state index in [-0.39, 0.29) is 17.8 Å². The van der Waals surface area contributed by atoms with Gasteiger partial charge in [0.05, 0.1) is 12.5 Å². The molecule has 0 aliphatic carbocycles. The van der Waals surface area contributed by atoms with Gasteiger partial charge >= 0.3 is 0 Å². The Morgan fingerprint density at radius 3 is 3.11 bits per heavy atom. The summed E-state index contributed by atoms with van der Waals surface area (Å²) in [6.45, 7) is 1.95. The second kappa shape index (κ2) is 5.48. The van der Waals surface area contributed by atoms with Gasteiger partial charge in [0.15, 0.2) is 11.6 Å². The lowest BCUT2D eigenvalue weighted by atomic mass is 10.1. The van der Waals surface area contributed by atoms with Crippen LogP contribution in [-0.4, -0.2) is 16.0 Å². The summed E-state index contributed by atoms with van der Waals surface area (Å²) >= 11 is 0. The highest BCUT2D eigenvalue weighted by molar-refractivity contribution is 5.39. The fourth-order valence-corrected chi connectivity index (χ4v) is 1.60. The summed E-state index contributed by atoms with van der Waals surface area (Å²) in [5.41, 5.74) is 5.41. The van der Waals surface area contributed by atoms with Crippen LogP contribution in [0, 0.1) is 5.82 Å². The molecule has 0 aromatic carbocycles. The molecule has 0 fully saturated rings. The monoisotopic (exact) mass is 250 g/mol. The number of halogens is 1. The van der Waals surface area contributed by atoms with Gasteiger partial charge in [0, 0.05) is 12.5 Å². The largest absolute Gasteiger partial charge is 0.469 e. The van der Waals surface area contributed by atoms with E-state index in [1.165, 1.54) is 0 Å². The molecule has 0 aliphatic heterocycles. The fourth-order valence-electron chi connectivity index (χ4n) is 1.60. The van der Waals surface area contributed by atoms with E-state index in [4.69, 9.17) is 10.2 Å². The van der Waals surface area contributed by atoms with E-state index in [0.29, 0.717) is 0 Å². The maximum Gasteiger partial charge on any atom is 0.222 e. The maximum atomic E-state index is 13.4. The zero-order valence-electron chi connectivity index (χ0n) is 10.1. The highest BCUT2D eigenvalue weighted by Gasteiger charge is 2.09. The predicted molar refractivity (Wildman–Crippen MR) is 66.5 cm³/mol. The lowest BCUT2D eigenvalue weighted by molar-refractivity contribution is 0.494. The van der Waals surface area contributed by atoms with Crippen molar-refractivity contribution in [3.8, 4) is 0 Å². The van der Waals surface area contributed by atoms with Crippen molar-refractivity contribution in [2.75, 3.05) is 11.1 Å². The molecule has 0 spiro atoms. The number of aromatic nitrogens is 2. The number of nitrogens with zero attached hydrogens (tertiary/aromatic N) is 2. The first-order valence-corrected chi connectivity index (χ1v) is 5.72. The van der Waals surface area contributed by atoms with E-state index in [1.807, 2.05) is 19.1 Å². The Bertz CT molecular complexity index is 501. The van der Waals surface area contributed by atoms with Crippen molar-refractivity contribution in [1.29, 1.82) is 0 Å². The van der Waals surface area contributed by atoms with Gasteiger partial charge in [0.25, 0.3) is 0 Å². The van der Waals surface area contributed by atoms with Crippen molar-refractivity contribution >= 4 is 11.8 Å². The summed E-state index contributed by atoms with van der Waals surface area (Å²) in [7, 11) is 0. The number of hydrogen-bond donors (Lipinski definition) is 2. The van der Waals surface area contributed by atoms with Crippen molar-refractivity contribution in [1.82, 2.24) is 9.97 Å². The second-order valence-electron chi connectivity index (χ2n) is 4.09. The third kappa shape index (κ3) is 3.19. The number of nitrogen functional groups attached to an aromatic ring is 1. The number of rotatable bonds is 5. The molecule has 5 nitrogen and oxygen atoms in total. The maximum absolute atomic E-state index is 13.4. The van der Waals surface area contributed by atoms with Crippen LogP contribution in [0.25, 0.3) is 0 Å². The summed E-state index contributed by atoms with van der Waals surface area (Å²) in [6, 6.07) is 3.81. The molecule has 1 unspecified atom stereocenters. The summed E-state index contributed by atoms with van der Waals surface area (Å²) in [4.78, 5) is 7.38. The molecule has 2 heterocycles. The number of nitrogens with one attached hydrogen (secondary N) is 1. The number of furan rings is 1.